The molecule has 5 atom stereocenters. The summed E-state index contributed by atoms with van der Waals surface area (Å²) in [5, 5.41) is 3.77. The van der Waals surface area contributed by atoms with Gasteiger partial charge in [0.1, 0.15) is 0 Å². The Morgan fingerprint density at radius 1 is 1.29 bits per heavy atom. The summed E-state index contributed by atoms with van der Waals surface area (Å²) >= 11 is 0. The molecule has 17 heavy (non-hydrogen) atoms. The number of terminal acetylenes is 1. The molecule has 2 bridgehead atoms. The summed E-state index contributed by atoms with van der Waals surface area (Å²) in [7, 11) is 0. The van der Waals surface area contributed by atoms with Gasteiger partial charge in [-0.1, -0.05) is 6.92 Å². The predicted molar refractivity (Wildman–Crippen MR) is 71.4 cm³/mol. The van der Waals surface area contributed by atoms with E-state index in [0.29, 0.717) is 0 Å². The van der Waals surface area contributed by atoms with Crippen LogP contribution >= 0.6 is 0 Å². The molecule has 5 unspecified atom stereocenters. The summed E-state index contributed by atoms with van der Waals surface area (Å²) in [5.74, 6) is 8.16. The molecule has 3 saturated carbocycles. The van der Waals surface area contributed by atoms with Gasteiger partial charge in [0.2, 0.25) is 0 Å². The molecule has 1 heteroatoms. The van der Waals surface area contributed by atoms with Crippen molar-refractivity contribution in [2.45, 2.75) is 51.5 Å². The van der Waals surface area contributed by atoms with Crippen LogP contribution in [0.1, 0.15) is 45.4 Å². The van der Waals surface area contributed by atoms with Gasteiger partial charge in [0, 0.05) is 12.5 Å². The SMILES string of the molecule is C#CCCC(NCCC)C1C2C3CCC(C3)C21. The molecule has 3 fully saturated rings. The van der Waals surface area contributed by atoms with Gasteiger partial charge in [-0.25, -0.2) is 0 Å². The van der Waals surface area contributed by atoms with E-state index in [2.05, 4.69) is 18.2 Å². The van der Waals surface area contributed by atoms with Gasteiger partial charge in [-0.2, -0.15) is 0 Å². The Bertz CT molecular complexity index is 300. The molecule has 0 spiro atoms. The van der Waals surface area contributed by atoms with E-state index in [4.69, 9.17) is 6.42 Å². The van der Waals surface area contributed by atoms with Gasteiger partial charge in [-0.3, -0.25) is 0 Å². The molecule has 0 saturated heterocycles. The average molecular weight is 231 g/mol. The third-order valence-corrected chi connectivity index (χ3v) is 5.52. The molecule has 94 valence electrons. The molecule has 0 radical (unpaired) electrons. The van der Waals surface area contributed by atoms with Crippen LogP contribution in [0.25, 0.3) is 0 Å². The highest BCUT2D eigenvalue weighted by atomic mass is 14.9. The van der Waals surface area contributed by atoms with Crippen LogP contribution in [0.3, 0.4) is 0 Å². The van der Waals surface area contributed by atoms with Crippen molar-refractivity contribution in [1.29, 1.82) is 0 Å². The van der Waals surface area contributed by atoms with E-state index < -0.39 is 0 Å². The first-order valence-electron chi connectivity index (χ1n) is 7.53. The lowest BCUT2D eigenvalue weighted by atomic mass is 9.95. The summed E-state index contributed by atoms with van der Waals surface area (Å²) in [4.78, 5) is 0. The van der Waals surface area contributed by atoms with Crippen molar-refractivity contribution >= 4 is 0 Å². The molecular weight excluding hydrogens is 206 g/mol. The molecule has 3 rings (SSSR count). The van der Waals surface area contributed by atoms with Gasteiger partial charge in [0.15, 0.2) is 0 Å². The Kier molecular flexibility index (Phi) is 3.17. The highest BCUT2D eigenvalue weighted by Crippen LogP contribution is 2.70. The van der Waals surface area contributed by atoms with Crippen LogP contribution in [0.15, 0.2) is 0 Å². The molecule has 0 aliphatic heterocycles. The summed E-state index contributed by atoms with van der Waals surface area (Å²) < 4.78 is 0. The number of hydrogen-bond acceptors (Lipinski definition) is 1. The number of fused-ring (bicyclic) bond motifs is 5. The van der Waals surface area contributed by atoms with E-state index in [-0.39, 0.29) is 0 Å². The fraction of sp³-hybridized carbons (Fsp3) is 0.875. The van der Waals surface area contributed by atoms with E-state index in [9.17, 15) is 0 Å². The van der Waals surface area contributed by atoms with Crippen molar-refractivity contribution in [3.8, 4) is 12.3 Å². The standard InChI is InChI=1S/C16H25N/c1-3-5-6-13(17-9-4-2)16-14-11-7-8-12(10-11)15(14)16/h1,11-17H,4-10H2,2H3. The highest BCUT2D eigenvalue weighted by Gasteiger charge is 2.66. The van der Waals surface area contributed by atoms with Crippen LogP contribution in [0.2, 0.25) is 0 Å². The number of hydrogen-bond donors (Lipinski definition) is 1. The Morgan fingerprint density at radius 2 is 2.00 bits per heavy atom. The van der Waals surface area contributed by atoms with Crippen molar-refractivity contribution in [3.05, 3.63) is 0 Å². The molecule has 0 aromatic heterocycles. The second-order valence-corrected chi connectivity index (χ2v) is 6.37. The second kappa shape index (κ2) is 4.65. The van der Waals surface area contributed by atoms with Crippen LogP contribution in [0.4, 0.5) is 0 Å². The lowest BCUT2D eigenvalue weighted by Gasteiger charge is -2.21. The molecule has 3 aliphatic rings. The van der Waals surface area contributed by atoms with Crippen LogP contribution in [-0.4, -0.2) is 12.6 Å². The second-order valence-electron chi connectivity index (χ2n) is 6.37. The van der Waals surface area contributed by atoms with Gasteiger partial charge in [-0.05, 0) is 68.2 Å². The summed E-state index contributed by atoms with van der Waals surface area (Å²) in [5.41, 5.74) is 0. The zero-order chi connectivity index (χ0) is 11.8. The quantitative estimate of drug-likeness (QED) is 0.693. The van der Waals surface area contributed by atoms with Crippen LogP contribution < -0.4 is 5.32 Å². The van der Waals surface area contributed by atoms with E-state index in [1.54, 1.807) is 6.42 Å². The minimum absolute atomic E-state index is 0.726. The Hall–Kier alpha value is -0.480. The lowest BCUT2D eigenvalue weighted by molar-refractivity contribution is 0.351. The average Bonchev–Trinajstić information content (AvgIpc) is 2.79. The molecule has 3 aliphatic carbocycles. The zero-order valence-corrected chi connectivity index (χ0v) is 11.0. The molecule has 0 aromatic rings. The first-order valence-corrected chi connectivity index (χ1v) is 7.53. The molecule has 1 N–H and O–H groups in total. The smallest absolute Gasteiger partial charge is 0.0110 e. The van der Waals surface area contributed by atoms with E-state index in [0.717, 1.165) is 42.1 Å². The van der Waals surface area contributed by atoms with Crippen molar-refractivity contribution in [1.82, 2.24) is 5.32 Å². The monoisotopic (exact) mass is 231 g/mol. The maximum absolute atomic E-state index is 5.43. The summed E-state index contributed by atoms with van der Waals surface area (Å²) in [6.07, 6.45) is 13.4. The molecule has 1 nitrogen and oxygen atoms in total. The van der Waals surface area contributed by atoms with Crippen molar-refractivity contribution in [2.75, 3.05) is 6.54 Å². The van der Waals surface area contributed by atoms with Crippen LogP contribution in [0, 0.1) is 41.9 Å². The van der Waals surface area contributed by atoms with E-state index in [1.807, 2.05) is 0 Å². The number of rotatable bonds is 6. The van der Waals surface area contributed by atoms with E-state index in [1.165, 1.54) is 32.2 Å². The van der Waals surface area contributed by atoms with Crippen molar-refractivity contribution < 1.29 is 0 Å². The van der Waals surface area contributed by atoms with Crippen LogP contribution in [-0.2, 0) is 0 Å². The third kappa shape index (κ3) is 1.91. The van der Waals surface area contributed by atoms with Crippen LogP contribution in [0.5, 0.6) is 0 Å². The normalized spacial score (nSPS) is 43.2. The highest BCUT2D eigenvalue weighted by molar-refractivity contribution is 5.15. The minimum atomic E-state index is 0.726. The maximum atomic E-state index is 5.43. The molecular formula is C16H25N. The molecule has 0 amide bonds. The summed E-state index contributed by atoms with van der Waals surface area (Å²) in [6, 6.07) is 0.726. The molecule has 0 aromatic carbocycles. The van der Waals surface area contributed by atoms with Gasteiger partial charge in [-0.15, -0.1) is 12.3 Å². The topological polar surface area (TPSA) is 12.0 Å². The lowest BCUT2D eigenvalue weighted by Crippen LogP contribution is -2.33. The van der Waals surface area contributed by atoms with Crippen molar-refractivity contribution in [2.24, 2.45) is 29.6 Å². The predicted octanol–water partition coefficient (Wildman–Crippen LogP) is 3.06. The fourth-order valence-electron chi connectivity index (χ4n) is 4.93. The van der Waals surface area contributed by atoms with Gasteiger partial charge >= 0.3 is 0 Å². The minimum Gasteiger partial charge on any atom is -0.314 e. The van der Waals surface area contributed by atoms with Crippen molar-refractivity contribution in [3.63, 3.8) is 0 Å². The van der Waals surface area contributed by atoms with E-state index >= 15 is 0 Å². The molecule has 0 heterocycles. The Labute approximate surface area is 106 Å². The first kappa shape index (κ1) is 11.6. The maximum Gasteiger partial charge on any atom is 0.0110 e. The van der Waals surface area contributed by atoms with Gasteiger partial charge in [0.05, 0.1) is 0 Å². The summed E-state index contributed by atoms with van der Waals surface area (Å²) in [6.45, 7) is 3.42. The zero-order valence-electron chi connectivity index (χ0n) is 11.0. The first-order chi connectivity index (χ1) is 8.36. The third-order valence-electron chi connectivity index (χ3n) is 5.52. The fourth-order valence-corrected chi connectivity index (χ4v) is 4.93. The largest absolute Gasteiger partial charge is 0.314 e. The van der Waals surface area contributed by atoms with Gasteiger partial charge < -0.3 is 5.32 Å². The Morgan fingerprint density at radius 3 is 2.59 bits per heavy atom. The number of nitrogens with one attached hydrogen (secondary N) is 1. The van der Waals surface area contributed by atoms with Gasteiger partial charge in [0.25, 0.3) is 0 Å². The Balaban J connectivity index is 1.59.